The zero-order valence-electron chi connectivity index (χ0n) is 12.3. The fourth-order valence-corrected chi connectivity index (χ4v) is 2.43. The molecule has 1 aromatic rings. The lowest BCUT2D eigenvalue weighted by Gasteiger charge is -2.14. The largest absolute Gasteiger partial charge is 0.390 e. The Morgan fingerprint density at radius 3 is 2.57 bits per heavy atom. The summed E-state index contributed by atoms with van der Waals surface area (Å²) in [5, 5.41) is 5.68. The normalized spacial score (nSPS) is 12.4. The fraction of sp³-hybridized carbons (Fsp3) is 0.500. The van der Waals surface area contributed by atoms with Gasteiger partial charge in [-0.05, 0) is 30.4 Å². The highest BCUT2D eigenvalue weighted by atomic mass is 32.2. The van der Waals surface area contributed by atoms with E-state index in [0.717, 1.165) is 10.5 Å². The van der Waals surface area contributed by atoms with Crippen LogP contribution in [0.4, 0.5) is 13.2 Å². The number of guanidine groups is 1. The standard InChI is InChI=1S/C14H20F3N3S/c1-10-4-5-11(12(8-10)21-3)9-20-13(18-2)19-7-6-14(15,16)17/h4-5,8H,6-7,9H2,1-3H3,(H2,18,19,20). The van der Waals surface area contributed by atoms with E-state index in [-0.39, 0.29) is 6.54 Å². The van der Waals surface area contributed by atoms with Gasteiger partial charge >= 0.3 is 6.18 Å². The maximum Gasteiger partial charge on any atom is 0.390 e. The number of aryl methyl sites for hydroxylation is 1. The van der Waals surface area contributed by atoms with Gasteiger partial charge in [0.05, 0.1) is 6.42 Å². The second kappa shape index (κ2) is 8.17. The summed E-state index contributed by atoms with van der Waals surface area (Å²) in [4.78, 5) is 5.06. The van der Waals surface area contributed by atoms with Crippen LogP contribution in [0, 0.1) is 6.92 Å². The second-order valence-electron chi connectivity index (χ2n) is 4.53. The van der Waals surface area contributed by atoms with Crippen molar-refractivity contribution in [2.75, 3.05) is 19.8 Å². The lowest BCUT2D eigenvalue weighted by molar-refractivity contribution is -0.132. The number of hydrogen-bond donors (Lipinski definition) is 2. The number of halogens is 3. The van der Waals surface area contributed by atoms with Gasteiger partial charge in [0.25, 0.3) is 0 Å². The van der Waals surface area contributed by atoms with Crippen LogP contribution in [0.15, 0.2) is 28.1 Å². The van der Waals surface area contributed by atoms with E-state index in [2.05, 4.69) is 21.7 Å². The summed E-state index contributed by atoms with van der Waals surface area (Å²) in [7, 11) is 1.54. The minimum Gasteiger partial charge on any atom is -0.356 e. The van der Waals surface area contributed by atoms with Gasteiger partial charge in [0.1, 0.15) is 0 Å². The van der Waals surface area contributed by atoms with E-state index >= 15 is 0 Å². The van der Waals surface area contributed by atoms with Gasteiger partial charge in [-0.1, -0.05) is 12.1 Å². The van der Waals surface area contributed by atoms with Gasteiger partial charge in [0.2, 0.25) is 0 Å². The number of nitrogens with one attached hydrogen (secondary N) is 2. The van der Waals surface area contributed by atoms with Crippen LogP contribution >= 0.6 is 11.8 Å². The summed E-state index contributed by atoms with van der Waals surface area (Å²) < 4.78 is 36.3. The lowest BCUT2D eigenvalue weighted by atomic mass is 10.1. The smallest absolute Gasteiger partial charge is 0.356 e. The molecule has 2 N–H and O–H groups in total. The Bertz CT molecular complexity index is 487. The second-order valence-corrected chi connectivity index (χ2v) is 5.38. The van der Waals surface area contributed by atoms with Crippen molar-refractivity contribution in [2.24, 2.45) is 4.99 Å². The molecule has 0 radical (unpaired) electrons. The van der Waals surface area contributed by atoms with Gasteiger partial charge in [0, 0.05) is 25.0 Å². The first kappa shape index (κ1) is 17.7. The van der Waals surface area contributed by atoms with Crippen LogP contribution in [0.25, 0.3) is 0 Å². The van der Waals surface area contributed by atoms with Crippen molar-refractivity contribution in [3.8, 4) is 0 Å². The zero-order valence-corrected chi connectivity index (χ0v) is 13.2. The van der Waals surface area contributed by atoms with Crippen molar-refractivity contribution in [1.82, 2.24) is 10.6 Å². The molecular formula is C14H20F3N3S. The summed E-state index contributed by atoms with van der Waals surface area (Å²) in [5.41, 5.74) is 2.27. The quantitative estimate of drug-likeness (QED) is 0.496. The van der Waals surface area contributed by atoms with E-state index in [4.69, 9.17) is 0 Å². The predicted octanol–water partition coefficient (Wildman–Crippen LogP) is 3.33. The SMILES string of the molecule is CN=C(NCCC(F)(F)F)NCc1ccc(C)cc1SC. The number of nitrogens with zero attached hydrogens (tertiary/aromatic N) is 1. The molecule has 118 valence electrons. The molecule has 0 aromatic heterocycles. The molecule has 0 amide bonds. The van der Waals surface area contributed by atoms with Crippen molar-refractivity contribution < 1.29 is 13.2 Å². The number of thioether (sulfide) groups is 1. The number of hydrogen-bond acceptors (Lipinski definition) is 2. The van der Waals surface area contributed by atoms with E-state index < -0.39 is 12.6 Å². The summed E-state index contributed by atoms with van der Waals surface area (Å²) in [6, 6.07) is 6.11. The van der Waals surface area contributed by atoms with Crippen molar-refractivity contribution in [2.45, 2.75) is 31.0 Å². The molecule has 1 rings (SSSR count). The molecule has 21 heavy (non-hydrogen) atoms. The third-order valence-corrected chi connectivity index (χ3v) is 3.63. The van der Waals surface area contributed by atoms with Crippen LogP contribution in [0.5, 0.6) is 0 Å². The average molecular weight is 319 g/mol. The van der Waals surface area contributed by atoms with E-state index in [0.29, 0.717) is 12.5 Å². The van der Waals surface area contributed by atoms with E-state index in [9.17, 15) is 13.2 Å². The molecule has 0 aliphatic rings. The lowest BCUT2D eigenvalue weighted by Crippen LogP contribution is -2.38. The Labute approximate surface area is 127 Å². The Hall–Kier alpha value is -1.37. The number of rotatable bonds is 5. The highest BCUT2D eigenvalue weighted by Crippen LogP contribution is 2.21. The fourth-order valence-electron chi connectivity index (χ4n) is 1.72. The minimum absolute atomic E-state index is 0.188. The molecule has 0 bridgehead atoms. The van der Waals surface area contributed by atoms with Crippen LogP contribution in [-0.2, 0) is 6.54 Å². The van der Waals surface area contributed by atoms with Gasteiger partial charge < -0.3 is 10.6 Å². The molecule has 0 saturated heterocycles. The molecule has 0 aliphatic heterocycles. The van der Waals surface area contributed by atoms with Crippen LogP contribution in [0.3, 0.4) is 0 Å². The summed E-state index contributed by atoms with van der Waals surface area (Å²) >= 11 is 1.64. The van der Waals surface area contributed by atoms with Crippen LogP contribution in [-0.4, -0.2) is 32.0 Å². The molecular weight excluding hydrogens is 299 g/mol. The third kappa shape index (κ3) is 6.75. The molecule has 0 aliphatic carbocycles. The van der Waals surface area contributed by atoms with E-state index in [1.807, 2.05) is 25.3 Å². The van der Waals surface area contributed by atoms with Crippen LogP contribution in [0.1, 0.15) is 17.5 Å². The van der Waals surface area contributed by atoms with Crippen molar-refractivity contribution in [3.63, 3.8) is 0 Å². The molecule has 1 aromatic carbocycles. The number of benzene rings is 1. The molecule has 3 nitrogen and oxygen atoms in total. The molecule has 0 spiro atoms. The highest BCUT2D eigenvalue weighted by Gasteiger charge is 2.26. The Balaban J connectivity index is 2.52. The third-order valence-electron chi connectivity index (χ3n) is 2.81. The Morgan fingerprint density at radius 1 is 1.29 bits per heavy atom. The summed E-state index contributed by atoms with van der Waals surface area (Å²) in [6.45, 7) is 2.35. The monoisotopic (exact) mass is 319 g/mol. The average Bonchev–Trinajstić information content (AvgIpc) is 2.42. The highest BCUT2D eigenvalue weighted by molar-refractivity contribution is 7.98. The maximum absolute atomic E-state index is 12.1. The van der Waals surface area contributed by atoms with Gasteiger partial charge in [-0.3, -0.25) is 4.99 Å². The molecule has 0 fully saturated rings. The number of aliphatic imine (C=N–C) groups is 1. The van der Waals surface area contributed by atoms with Crippen LogP contribution in [0.2, 0.25) is 0 Å². The summed E-state index contributed by atoms with van der Waals surface area (Å²) in [5.74, 6) is 0.367. The van der Waals surface area contributed by atoms with E-state index in [1.165, 1.54) is 12.6 Å². The Morgan fingerprint density at radius 2 is 2.00 bits per heavy atom. The molecule has 0 atom stereocenters. The minimum atomic E-state index is -4.16. The van der Waals surface area contributed by atoms with Gasteiger partial charge in [-0.15, -0.1) is 11.8 Å². The summed E-state index contributed by atoms with van der Waals surface area (Å²) in [6.07, 6.45) is -3.04. The van der Waals surface area contributed by atoms with Crippen LogP contribution < -0.4 is 10.6 Å². The molecule has 0 heterocycles. The molecule has 7 heteroatoms. The van der Waals surface area contributed by atoms with Gasteiger partial charge in [0.15, 0.2) is 5.96 Å². The number of alkyl halides is 3. The predicted molar refractivity (Wildman–Crippen MR) is 81.8 cm³/mol. The van der Waals surface area contributed by atoms with Crippen molar-refractivity contribution in [1.29, 1.82) is 0 Å². The topological polar surface area (TPSA) is 36.4 Å². The van der Waals surface area contributed by atoms with Crippen molar-refractivity contribution >= 4 is 17.7 Å². The first-order valence-electron chi connectivity index (χ1n) is 6.50. The van der Waals surface area contributed by atoms with E-state index in [1.54, 1.807) is 11.8 Å². The molecule has 0 unspecified atom stereocenters. The van der Waals surface area contributed by atoms with Crippen molar-refractivity contribution in [3.05, 3.63) is 29.3 Å². The first-order chi connectivity index (χ1) is 9.85. The Kier molecular flexibility index (Phi) is 6.87. The van der Waals surface area contributed by atoms with Gasteiger partial charge in [-0.25, -0.2) is 0 Å². The molecule has 0 saturated carbocycles. The first-order valence-corrected chi connectivity index (χ1v) is 7.73. The van der Waals surface area contributed by atoms with Gasteiger partial charge in [-0.2, -0.15) is 13.2 Å². The zero-order chi connectivity index (χ0) is 15.9. The maximum atomic E-state index is 12.1.